The number of nitrogens with one attached hydrogen (secondary N) is 1. The van der Waals surface area contributed by atoms with Crippen molar-refractivity contribution in [2.75, 3.05) is 29.5 Å². The molecule has 0 bridgehead atoms. The zero-order valence-electron chi connectivity index (χ0n) is 28.3. The third kappa shape index (κ3) is 7.70. The molecule has 0 fully saturated rings. The molecule has 3 aromatic rings. The molecule has 1 radical (unpaired) electrons. The van der Waals surface area contributed by atoms with E-state index in [1.54, 1.807) is 36.5 Å². The zero-order valence-corrected chi connectivity index (χ0v) is 30.1. The van der Waals surface area contributed by atoms with Gasteiger partial charge in [-0.2, -0.15) is 5.26 Å². The van der Waals surface area contributed by atoms with E-state index in [1.165, 1.54) is 13.7 Å². The van der Waals surface area contributed by atoms with Gasteiger partial charge in [0.15, 0.2) is 18.2 Å². The summed E-state index contributed by atoms with van der Waals surface area (Å²) in [5, 5.41) is 13.6. The summed E-state index contributed by atoms with van der Waals surface area (Å²) < 4.78 is 31.2. The minimum Gasteiger partial charge on any atom is -0.416 e. The summed E-state index contributed by atoms with van der Waals surface area (Å²) in [5.41, 5.74) is 4.64. The number of fused-ring (bicyclic) bond motifs is 1. The van der Waals surface area contributed by atoms with Crippen LogP contribution in [0.5, 0.6) is 0 Å². The maximum absolute atomic E-state index is 12.3. The van der Waals surface area contributed by atoms with E-state index in [0.717, 1.165) is 59.9 Å². The quantitative estimate of drug-likeness (QED) is 0.120. The van der Waals surface area contributed by atoms with Gasteiger partial charge in [0.2, 0.25) is 5.95 Å². The van der Waals surface area contributed by atoms with Gasteiger partial charge in [-0.3, -0.25) is 0 Å². The van der Waals surface area contributed by atoms with Crippen LogP contribution in [0.25, 0.3) is 11.3 Å². The van der Waals surface area contributed by atoms with Crippen molar-refractivity contribution in [2.24, 2.45) is 0 Å². The van der Waals surface area contributed by atoms with Gasteiger partial charge < -0.3 is 19.3 Å². The summed E-state index contributed by atoms with van der Waals surface area (Å²) in [7, 11) is -3.95. The van der Waals surface area contributed by atoms with E-state index < -0.39 is 23.6 Å². The van der Waals surface area contributed by atoms with E-state index in [9.17, 15) is 18.5 Å². The number of hydrogen-bond donors (Lipinski definition) is 1. The van der Waals surface area contributed by atoms with Crippen LogP contribution in [0.3, 0.4) is 0 Å². The summed E-state index contributed by atoms with van der Waals surface area (Å²) in [6.07, 6.45) is 7.37. The molecule has 46 heavy (non-hydrogen) atoms. The Morgan fingerprint density at radius 1 is 1.20 bits per heavy atom. The Morgan fingerprint density at radius 2 is 1.93 bits per heavy atom. The van der Waals surface area contributed by atoms with Gasteiger partial charge in [-0.15, -0.1) is 0 Å². The number of aromatic nitrogens is 2. The van der Waals surface area contributed by atoms with E-state index in [-0.39, 0.29) is 9.93 Å². The molecule has 1 atom stereocenters. The smallest absolute Gasteiger partial charge is 0.329 e. The molecule has 0 saturated carbocycles. The van der Waals surface area contributed by atoms with Gasteiger partial charge in [-0.1, -0.05) is 47.5 Å². The number of sulfone groups is 1. The highest BCUT2D eigenvalue weighted by atomic mass is 32.2. The number of nitriles is 1. The van der Waals surface area contributed by atoms with Crippen molar-refractivity contribution in [3.05, 3.63) is 59.3 Å². The van der Waals surface area contributed by atoms with Gasteiger partial charge in [0.05, 0.1) is 16.2 Å². The van der Waals surface area contributed by atoms with Crippen LogP contribution in [-0.2, 0) is 30.9 Å². The molecule has 1 aliphatic heterocycles. The van der Waals surface area contributed by atoms with Crippen LogP contribution in [0.4, 0.5) is 17.3 Å². The normalized spacial score (nSPS) is 16.5. The lowest BCUT2D eigenvalue weighted by molar-refractivity contribution is 0.219. The standard InChI is InChI=1S/C34H45BN5O4SSi/c1-9-10-11-12-24-18-27(45(6,42)43)13-14-29(24)38-32-37-16-15-30(39-32)25-17-26(20-36)31-28(19-25)34(5,21-40(31)35-23-41)22-44-46(7,8)33(2,3)4/h13-19,23H,9-12,21-22H2,1-8H3,(H,37,38,39)/t34-/m1/s1. The first-order chi connectivity index (χ1) is 21.5. The van der Waals surface area contributed by atoms with Crippen LogP contribution in [0, 0.1) is 11.3 Å². The number of aryl methyl sites for hydroxylation is 1. The largest absolute Gasteiger partial charge is 0.416 e. The molecule has 0 amide bonds. The maximum atomic E-state index is 12.3. The molecular formula is C34H45BN5O4SSi. The molecular weight excluding hydrogens is 613 g/mol. The van der Waals surface area contributed by atoms with Crippen molar-refractivity contribution < 1.29 is 17.6 Å². The van der Waals surface area contributed by atoms with Gasteiger partial charge in [0.1, 0.15) is 12.3 Å². The average Bonchev–Trinajstić information content (AvgIpc) is 3.27. The topological polar surface area (TPSA) is 125 Å². The third-order valence-corrected chi connectivity index (χ3v) is 14.8. The lowest BCUT2D eigenvalue weighted by Crippen LogP contribution is -2.46. The van der Waals surface area contributed by atoms with E-state index in [4.69, 9.17) is 9.41 Å². The fourth-order valence-electron chi connectivity index (χ4n) is 5.45. The molecule has 2 heterocycles. The Kier molecular flexibility index (Phi) is 10.5. The van der Waals surface area contributed by atoms with Gasteiger partial charge in [0.25, 0.3) is 0 Å². The van der Waals surface area contributed by atoms with Crippen LogP contribution in [0.15, 0.2) is 47.5 Å². The van der Waals surface area contributed by atoms with Crippen LogP contribution < -0.4 is 10.1 Å². The van der Waals surface area contributed by atoms with Crippen molar-refractivity contribution in [1.29, 1.82) is 5.26 Å². The molecule has 243 valence electrons. The molecule has 12 heteroatoms. The highest BCUT2D eigenvalue weighted by molar-refractivity contribution is 7.90. The fraction of sp³-hybridized carbons (Fsp3) is 0.471. The molecule has 0 unspecified atom stereocenters. The van der Waals surface area contributed by atoms with Gasteiger partial charge >= 0.3 is 7.41 Å². The Hall–Kier alpha value is -3.53. The minimum absolute atomic E-state index is 0.0322. The molecule has 0 spiro atoms. The van der Waals surface area contributed by atoms with Crippen molar-refractivity contribution in [2.45, 2.75) is 88.7 Å². The van der Waals surface area contributed by atoms with Crippen molar-refractivity contribution >= 4 is 49.1 Å². The predicted molar refractivity (Wildman–Crippen MR) is 189 cm³/mol. The number of nitrogens with zero attached hydrogens (tertiary/aromatic N) is 4. The summed E-state index contributed by atoms with van der Waals surface area (Å²) in [6.45, 7) is 16.3. The molecule has 0 saturated heterocycles. The number of carbonyl (C=O) groups is 1. The molecule has 4 rings (SSSR count). The first kappa shape index (κ1) is 35.3. The Morgan fingerprint density at radius 3 is 2.57 bits per heavy atom. The molecule has 1 aliphatic rings. The monoisotopic (exact) mass is 658 g/mol. The van der Waals surface area contributed by atoms with Crippen molar-refractivity contribution in [3.63, 3.8) is 0 Å². The number of anilines is 3. The highest BCUT2D eigenvalue weighted by Gasteiger charge is 2.44. The van der Waals surface area contributed by atoms with E-state index in [2.05, 4.69) is 64.1 Å². The van der Waals surface area contributed by atoms with Crippen LogP contribution >= 0.6 is 0 Å². The first-order valence-electron chi connectivity index (χ1n) is 15.7. The summed E-state index contributed by atoms with van der Waals surface area (Å²) >= 11 is 0. The van der Waals surface area contributed by atoms with Gasteiger partial charge in [0, 0.05) is 48.0 Å². The Balaban J connectivity index is 1.74. The van der Waals surface area contributed by atoms with Gasteiger partial charge in [-0.05, 0) is 78.5 Å². The fourth-order valence-corrected chi connectivity index (χ4v) is 7.24. The number of carbonyl (C=O) groups excluding carboxylic acids is 1. The number of rotatable bonds is 13. The lowest BCUT2D eigenvalue weighted by Gasteiger charge is -2.39. The zero-order chi connectivity index (χ0) is 33.9. The minimum atomic E-state index is -3.35. The molecule has 9 nitrogen and oxygen atoms in total. The van der Waals surface area contributed by atoms with Crippen LogP contribution in [0.1, 0.15) is 70.6 Å². The number of hydrogen-bond acceptors (Lipinski definition) is 9. The molecule has 0 aliphatic carbocycles. The van der Waals surface area contributed by atoms with Gasteiger partial charge in [-0.25, -0.2) is 18.4 Å². The van der Waals surface area contributed by atoms with Crippen LogP contribution in [0.2, 0.25) is 18.1 Å². The predicted octanol–water partition coefficient (Wildman–Crippen LogP) is 6.80. The molecule has 1 N–H and O–H groups in total. The third-order valence-electron chi connectivity index (χ3n) is 9.24. The maximum Gasteiger partial charge on any atom is 0.329 e. The summed E-state index contributed by atoms with van der Waals surface area (Å²) in [4.78, 5) is 23.0. The van der Waals surface area contributed by atoms with Crippen molar-refractivity contribution in [3.8, 4) is 17.3 Å². The number of benzene rings is 2. The molecule has 2 aromatic carbocycles. The SMILES string of the molecule is CCCCCc1cc(S(C)(=O)=O)ccc1Nc1nccc(-c2cc(C#N)c3c(c2)[C@@](C)(CO[Si](C)(C)C(C)(C)C)CN3[B]C=O)n1. The lowest BCUT2D eigenvalue weighted by atomic mass is 9.83. The average molecular weight is 659 g/mol. The second kappa shape index (κ2) is 13.7. The van der Waals surface area contributed by atoms with Crippen LogP contribution in [-0.4, -0.2) is 59.7 Å². The first-order valence-corrected chi connectivity index (χ1v) is 20.5. The molecule has 1 aromatic heterocycles. The number of unbranched alkanes of at least 4 members (excludes halogenated alkanes) is 2. The second-order valence-electron chi connectivity index (χ2n) is 14.0. The highest BCUT2D eigenvalue weighted by Crippen LogP contribution is 2.46. The van der Waals surface area contributed by atoms with Crippen molar-refractivity contribution in [1.82, 2.24) is 9.97 Å². The van der Waals surface area contributed by atoms with E-state index in [1.807, 2.05) is 10.9 Å². The summed E-state index contributed by atoms with van der Waals surface area (Å²) in [5.74, 6) is 0.361. The summed E-state index contributed by atoms with van der Waals surface area (Å²) in [6, 6.07) is 13.1. The van der Waals surface area contributed by atoms with E-state index >= 15 is 0 Å². The van der Waals surface area contributed by atoms with E-state index in [0.29, 0.717) is 30.4 Å². The second-order valence-corrected chi connectivity index (χ2v) is 20.8. The Labute approximate surface area is 276 Å². The Bertz CT molecular complexity index is 1750.